The number of ether oxygens (including phenoxy) is 2. The number of benzene rings is 2. The molecule has 174 valence electrons. The second-order valence-electron chi connectivity index (χ2n) is 7.73. The summed E-state index contributed by atoms with van der Waals surface area (Å²) in [6.45, 7) is 1.87. The maximum atomic E-state index is 13.3. The lowest BCUT2D eigenvalue weighted by Crippen LogP contribution is -2.39. The third-order valence-corrected chi connectivity index (χ3v) is 5.57. The minimum Gasteiger partial charge on any atom is -0.497 e. The molecule has 0 saturated carbocycles. The molecule has 2 amide bonds. The van der Waals surface area contributed by atoms with E-state index in [2.05, 4.69) is 17.2 Å². The molecule has 4 rings (SSSR count). The van der Waals surface area contributed by atoms with E-state index in [0.717, 1.165) is 12.0 Å². The average molecular weight is 459 g/mol. The predicted molar refractivity (Wildman–Crippen MR) is 131 cm³/mol. The molecule has 3 aromatic rings. The van der Waals surface area contributed by atoms with Crippen molar-refractivity contribution in [1.82, 2.24) is 4.98 Å². The second-order valence-corrected chi connectivity index (χ2v) is 7.73. The Hall–Kier alpha value is -4.20. The Morgan fingerprint density at radius 1 is 1.09 bits per heavy atom. The largest absolute Gasteiger partial charge is 0.497 e. The number of pyridine rings is 1. The van der Waals surface area contributed by atoms with Gasteiger partial charge in [0.25, 0.3) is 0 Å². The van der Waals surface area contributed by atoms with Crippen LogP contribution in [0.25, 0.3) is 0 Å². The quantitative estimate of drug-likeness (QED) is 0.574. The van der Waals surface area contributed by atoms with Crippen molar-refractivity contribution < 1.29 is 19.1 Å². The molecular formula is C26H26N4O4. The van der Waals surface area contributed by atoms with Gasteiger partial charge in [-0.05, 0) is 41.8 Å². The van der Waals surface area contributed by atoms with Gasteiger partial charge in [0.2, 0.25) is 11.8 Å². The number of nitrogens with zero attached hydrogens (tertiary/aromatic N) is 3. The van der Waals surface area contributed by atoms with Crippen molar-refractivity contribution in [2.24, 2.45) is 4.99 Å². The van der Waals surface area contributed by atoms with Crippen LogP contribution in [0.1, 0.15) is 24.5 Å². The predicted octanol–water partition coefficient (Wildman–Crippen LogP) is 4.16. The van der Waals surface area contributed by atoms with E-state index >= 15 is 0 Å². The molecule has 34 heavy (non-hydrogen) atoms. The normalized spacial score (nSPS) is 13.0. The summed E-state index contributed by atoms with van der Waals surface area (Å²) in [5.41, 5.74) is 3.70. The number of hydrogen-bond donors (Lipinski definition) is 1. The van der Waals surface area contributed by atoms with E-state index in [1.165, 1.54) is 17.6 Å². The summed E-state index contributed by atoms with van der Waals surface area (Å²) in [5.74, 6) is 0.744. The number of hydrogen-bond acceptors (Lipinski definition) is 6. The maximum absolute atomic E-state index is 13.3. The molecule has 1 N–H and O–H groups in total. The minimum absolute atomic E-state index is 0.0532. The van der Waals surface area contributed by atoms with Gasteiger partial charge in [-0.1, -0.05) is 31.2 Å². The topological polar surface area (TPSA) is 93.1 Å². The Kier molecular flexibility index (Phi) is 6.87. The maximum Gasteiger partial charge on any atom is 0.244 e. The van der Waals surface area contributed by atoms with Gasteiger partial charge in [0.05, 0.1) is 32.0 Å². The highest BCUT2D eigenvalue weighted by molar-refractivity contribution is 6.18. The van der Waals surface area contributed by atoms with Crippen LogP contribution in [0.5, 0.6) is 11.5 Å². The highest BCUT2D eigenvalue weighted by Gasteiger charge is 2.28. The molecule has 0 aliphatic carbocycles. The third kappa shape index (κ3) is 4.91. The van der Waals surface area contributed by atoms with Gasteiger partial charge in [-0.2, -0.15) is 0 Å². The van der Waals surface area contributed by atoms with Crippen LogP contribution in [-0.4, -0.2) is 43.3 Å². The minimum atomic E-state index is -0.396. The van der Waals surface area contributed by atoms with Crippen LogP contribution in [0.15, 0.2) is 65.8 Å². The number of anilines is 2. The van der Waals surface area contributed by atoms with Gasteiger partial charge in [-0.15, -0.1) is 0 Å². The Balaban J connectivity index is 1.59. The average Bonchev–Trinajstić information content (AvgIpc) is 3.00. The van der Waals surface area contributed by atoms with Crippen molar-refractivity contribution in [2.75, 3.05) is 31.0 Å². The summed E-state index contributed by atoms with van der Waals surface area (Å²) in [7, 11) is 3.06. The fourth-order valence-corrected chi connectivity index (χ4v) is 3.73. The van der Waals surface area contributed by atoms with Crippen LogP contribution < -0.4 is 19.7 Å². The summed E-state index contributed by atoms with van der Waals surface area (Å²) < 4.78 is 10.6. The molecule has 8 heteroatoms. The van der Waals surface area contributed by atoms with Gasteiger partial charge in [-0.3, -0.25) is 14.5 Å². The second kappa shape index (κ2) is 10.2. The van der Waals surface area contributed by atoms with Crippen LogP contribution in [0.4, 0.5) is 17.2 Å². The van der Waals surface area contributed by atoms with Crippen LogP contribution in [-0.2, 0) is 16.0 Å². The Morgan fingerprint density at radius 3 is 2.59 bits per heavy atom. The fourth-order valence-electron chi connectivity index (χ4n) is 3.73. The first-order valence-electron chi connectivity index (χ1n) is 11.0. The first kappa shape index (κ1) is 23.0. The number of carbonyl (C=O) groups excluding carboxylic acids is 2. The van der Waals surface area contributed by atoms with Gasteiger partial charge >= 0.3 is 0 Å². The standard InChI is InChI=1S/C26H26N4O4/c1-4-17-7-9-18(10-8-17)21-15-25(32)30(26-20(28-21)6-5-13-27-26)16-24(31)29-22-14-19(33-2)11-12-23(22)34-3/h5-14H,4,15-16H2,1-3H3,(H,29,31). The van der Waals surface area contributed by atoms with Gasteiger partial charge in [-0.25, -0.2) is 9.98 Å². The molecule has 1 aliphatic rings. The summed E-state index contributed by atoms with van der Waals surface area (Å²) >= 11 is 0. The van der Waals surface area contributed by atoms with E-state index in [4.69, 9.17) is 14.5 Å². The lowest BCUT2D eigenvalue weighted by Gasteiger charge is -2.21. The summed E-state index contributed by atoms with van der Waals surface area (Å²) in [5, 5.41) is 2.81. The molecule has 2 aromatic carbocycles. The lowest BCUT2D eigenvalue weighted by atomic mass is 10.0. The van der Waals surface area contributed by atoms with E-state index in [9.17, 15) is 9.59 Å². The van der Waals surface area contributed by atoms with Crippen LogP contribution in [0, 0.1) is 0 Å². The molecular weight excluding hydrogens is 432 g/mol. The number of amides is 2. The zero-order chi connectivity index (χ0) is 24.1. The molecule has 1 aliphatic heterocycles. The molecule has 2 heterocycles. The lowest BCUT2D eigenvalue weighted by molar-refractivity contribution is -0.120. The Labute approximate surface area is 198 Å². The van der Waals surface area contributed by atoms with E-state index in [1.54, 1.807) is 43.6 Å². The van der Waals surface area contributed by atoms with E-state index in [1.807, 2.05) is 24.3 Å². The molecule has 0 unspecified atom stereocenters. The Morgan fingerprint density at radius 2 is 1.88 bits per heavy atom. The number of nitrogens with one attached hydrogen (secondary N) is 1. The van der Waals surface area contributed by atoms with Crippen LogP contribution >= 0.6 is 0 Å². The number of aromatic nitrogens is 1. The summed E-state index contributed by atoms with van der Waals surface area (Å²) in [4.78, 5) is 36.7. The van der Waals surface area contributed by atoms with Crippen molar-refractivity contribution in [2.45, 2.75) is 19.8 Å². The van der Waals surface area contributed by atoms with Gasteiger partial charge in [0.1, 0.15) is 23.7 Å². The van der Waals surface area contributed by atoms with Crippen LogP contribution in [0.2, 0.25) is 0 Å². The number of carbonyl (C=O) groups is 2. The molecule has 0 bridgehead atoms. The molecule has 0 atom stereocenters. The zero-order valence-electron chi connectivity index (χ0n) is 19.4. The fraction of sp³-hybridized carbons (Fsp3) is 0.231. The number of aliphatic imine (C=N–C) groups is 1. The number of fused-ring (bicyclic) bond motifs is 1. The van der Waals surface area contributed by atoms with Gasteiger partial charge in [0, 0.05) is 12.3 Å². The smallest absolute Gasteiger partial charge is 0.244 e. The van der Waals surface area contributed by atoms with Crippen molar-refractivity contribution in [3.8, 4) is 11.5 Å². The molecule has 0 radical (unpaired) electrons. The van der Waals surface area contributed by atoms with E-state index < -0.39 is 5.91 Å². The first-order chi connectivity index (χ1) is 16.5. The Bertz CT molecular complexity index is 1240. The van der Waals surface area contributed by atoms with Crippen molar-refractivity contribution in [3.05, 3.63) is 71.9 Å². The zero-order valence-corrected chi connectivity index (χ0v) is 19.4. The third-order valence-electron chi connectivity index (χ3n) is 5.57. The van der Waals surface area contributed by atoms with E-state index in [0.29, 0.717) is 34.4 Å². The molecule has 0 saturated heterocycles. The molecule has 0 fully saturated rings. The molecule has 8 nitrogen and oxygen atoms in total. The summed E-state index contributed by atoms with van der Waals surface area (Å²) in [6.07, 6.45) is 2.57. The van der Waals surface area contributed by atoms with Crippen molar-refractivity contribution >= 4 is 34.7 Å². The SMILES string of the molecule is CCc1ccc(C2=Nc3cccnc3N(CC(=O)Nc3cc(OC)ccc3OC)C(=O)C2)cc1. The summed E-state index contributed by atoms with van der Waals surface area (Å²) in [6, 6.07) is 16.7. The number of aryl methyl sites for hydroxylation is 1. The monoisotopic (exact) mass is 458 g/mol. The van der Waals surface area contributed by atoms with Crippen molar-refractivity contribution in [3.63, 3.8) is 0 Å². The van der Waals surface area contributed by atoms with E-state index in [-0.39, 0.29) is 18.9 Å². The van der Waals surface area contributed by atoms with Crippen LogP contribution in [0.3, 0.4) is 0 Å². The first-order valence-corrected chi connectivity index (χ1v) is 11.0. The molecule has 0 spiro atoms. The highest BCUT2D eigenvalue weighted by Crippen LogP contribution is 2.32. The number of rotatable bonds is 7. The van der Waals surface area contributed by atoms with Crippen molar-refractivity contribution in [1.29, 1.82) is 0 Å². The van der Waals surface area contributed by atoms with Gasteiger partial charge in [0.15, 0.2) is 5.82 Å². The van der Waals surface area contributed by atoms with Gasteiger partial charge < -0.3 is 14.8 Å². The molecule has 1 aromatic heterocycles. The highest BCUT2D eigenvalue weighted by atomic mass is 16.5. The number of methoxy groups -OCH3 is 2.